The molecule has 1 atom stereocenters. The summed E-state index contributed by atoms with van der Waals surface area (Å²) in [6, 6.07) is 5.34. The molecule has 0 heterocycles. The van der Waals surface area contributed by atoms with E-state index in [1.807, 2.05) is 26.8 Å². The van der Waals surface area contributed by atoms with Crippen LogP contribution in [0.25, 0.3) is 0 Å². The van der Waals surface area contributed by atoms with Crippen molar-refractivity contribution in [1.82, 2.24) is 0 Å². The van der Waals surface area contributed by atoms with Crippen LogP contribution in [-0.2, 0) is 0 Å². The first kappa shape index (κ1) is 11.5. The Morgan fingerprint density at radius 2 is 2.20 bits per heavy atom. The van der Waals surface area contributed by atoms with Crippen LogP contribution in [0, 0.1) is 17.0 Å². The van der Waals surface area contributed by atoms with Gasteiger partial charge in [0.15, 0.2) is 0 Å². The predicted octanol–water partition coefficient (Wildman–Crippen LogP) is 3.11. The van der Waals surface area contributed by atoms with E-state index in [1.165, 1.54) is 6.07 Å². The van der Waals surface area contributed by atoms with Crippen molar-refractivity contribution in [2.45, 2.75) is 33.2 Å². The second-order valence-corrected chi connectivity index (χ2v) is 3.68. The molecule has 0 saturated heterocycles. The van der Waals surface area contributed by atoms with E-state index in [9.17, 15) is 10.1 Å². The Balaban J connectivity index is 3.07. The summed E-state index contributed by atoms with van der Waals surface area (Å²) in [5.74, 6) is 0. The van der Waals surface area contributed by atoms with Gasteiger partial charge in [0.25, 0.3) is 5.69 Å². The fourth-order valence-corrected chi connectivity index (χ4v) is 1.34. The molecule has 0 spiro atoms. The van der Waals surface area contributed by atoms with Gasteiger partial charge in [0, 0.05) is 12.1 Å². The number of hydrogen-bond donors (Lipinski definition) is 1. The number of hydrogen-bond acceptors (Lipinski definition) is 3. The minimum Gasteiger partial charge on any atom is -0.377 e. The molecule has 0 aromatic heterocycles. The van der Waals surface area contributed by atoms with E-state index in [1.54, 1.807) is 6.07 Å². The van der Waals surface area contributed by atoms with Gasteiger partial charge in [-0.2, -0.15) is 0 Å². The van der Waals surface area contributed by atoms with Gasteiger partial charge in [0.2, 0.25) is 0 Å². The molecule has 0 aliphatic carbocycles. The number of nitrogens with zero attached hydrogens (tertiary/aromatic N) is 1. The van der Waals surface area contributed by atoms with Gasteiger partial charge in [0.05, 0.1) is 4.92 Å². The SMILES string of the molecule is CCC(C)Nc1c(C)cccc1[N+](=O)[O-]. The fourth-order valence-electron chi connectivity index (χ4n) is 1.34. The molecule has 1 aromatic carbocycles. The number of benzene rings is 1. The number of aryl methyl sites for hydroxylation is 1. The van der Waals surface area contributed by atoms with Gasteiger partial charge in [0.1, 0.15) is 5.69 Å². The van der Waals surface area contributed by atoms with E-state index in [0.29, 0.717) is 5.69 Å². The summed E-state index contributed by atoms with van der Waals surface area (Å²) in [6.07, 6.45) is 0.936. The Labute approximate surface area is 89.5 Å². The van der Waals surface area contributed by atoms with Crippen LogP contribution in [0.2, 0.25) is 0 Å². The summed E-state index contributed by atoms with van der Waals surface area (Å²) in [5, 5.41) is 14.0. The highest BCUT2D eigenvalue weighted by Gasteiger charge is 2.16. The lowest BCUT2D eigenvalue weighted by Gasteiger charge is -2.14. The third kappa shape index (κ3) is 2.68. The summed E-state index contributed by atoms with van der Waals surface area (Å²) in [4.78, 5) is 10.5. The van der Waals surface area contributed by atoms with Crippen LogP contribution in [0.1, 0.15) is 25.8 Å². The topological polar surface area (TPSA) is 55.2 Å². The quantitative estimate of drug-likeness (QED) is 0.611. The van der Waals surface area contributed by atoms with Gasteiger partial charge in [-0.1, -0.05) is 19.1 Å². The normalized spacial score (nSPS) is 12.2. The molecule has 15 heavy (non-hydrogen) atoms. The van der Waals surface area contributed by atoms with Crippen molar-refractivity contribution in [3.63, 3.8) is 0 Å². The molecule has 1 unspecified atom stereocenters. The van der Waals surface area contributed by atoms with Crippen LogP contribution in [0.3, 0.4) is 0 Å². The zero-order chi connectivity index (χ0) is 11.4. The van der Waals surface area contributed by atoms with Gasteiger partial charge in [-0.3, -0.25) is 10.1 Å². The molecule has 0 radical (unpaired) electrons. The largest absolute Gasteiger partial charge is 0.377 e. The van der Waals surface area contributed by atoms with Crippen molar-refractivity contribution in [1.29, 1.82) is 0 Å². The lowest BCUT2D eigenvalue weighted by atomic mass is 10.1. The molecule has 0 aliphatic heterocycles. The maximum absolute atomic E-state index is 10.8. The number of nitro benzene ring substituents is 1. The Hall–Kier alpha value is -1.58. The highest BCUT2D eigenvalue weighted by molar-refractivity contribution is 5.66. The van der Waals surface area contributed by atoms with E-state index in [0.717, 1.165) is 12.0 Å². The highest BCUT2D eigenvalue weighted by atomic mass is 16.6. The summed E-state index contributed by atoms with van der Waals surface area (Å²) in [5.41, 5.74) is 1.69. The molecular formula is C11H16N2O2. The van der Waals surface area contributed by atoms with Crippen LogP contribution in [0.4, 0.5) is 11.4 Å². The number of nitro groups is 1. The Morgan fingerprint density at radius 3 is 2.73 bits per heavy atom. The molecular weight excluding hydrogens is 192 g/mol. The van der Waals surface area contributed by atoms with E-state index in [-0.39, 0.29) is 16.7 Å². The molecule has 0 saturated carbocycles. The molecule has 1 aromatic rings. The second kappa shape index (κ2) is 4.77. The van der Waals surface area contributed by atoms with Crippen molar-refractivity contribution >= 4 is 11.4 Å². The van der Waals surface area contributed by atoms with E-state index in [2.05, 4.69) is 5.32 Å². The van der Waals surface area contributed by atoms with E-state index >= 15 is 0 Å². The fraction of sp³-hybridized carbons (Fsp3) is 0.455. The molecule has 0 amide bonds. The Morgan fingerprint density at radius 1 is 1.53 bits per heavy atom. The van der Waals surface area contributed by atoms with Crippen molar-refractivity contribution < 1.29 is 4.92 Å². The zero-order valence-corrected chi connectivity index (χ0v) is 9.28. The van der Waals surface area contributed by atoms with Crippen LogP contribution < -0.4 is 5.32 Å². The number of rotatable bonds is 4. The highest BCUT2D eigenvalue weighted by Crippen LogP contribution is 2.28. The van der Waals surface area contributed by atoms with Gasteiger partial charge >= 0.3 is 0 Å². The average molecular weight is 208 g/mol. The molecule has 4 nitrogen and oxygen atoms in total. The number of nitrogens with one attached hydrogen (secondary N) is 1. The minimum atomic E-state index is -0.349. The molecule has 0 fully saturated rings. The summed E-state index contributed by atoms with van der Waals surface area (Å²) < 4.78 is 0. The summed E-state index contributed by atoms with van der Waals surface area (Å²) in [7, 11) is 0. The Kier molecular flexibility index (Phi) is 3.66. The lowest BCUT2D eigenvalue weighted by molar-refractivity contribution is -0.384. The summed E-state index contributed by atoms with van der Waals surface area (Å²) in [6.45, 7) is 5.93. The van der Waals surface area contributed by atoms with Gasteiger partial charge in [-0.05, 0) is 25.8 Å². The molecule has 0 aliphatic rings. The monoisotopic (exact) mass is 208 g/mol. The Bertz CT molecular complexity index is 364. The second-order valence-electron chi connectivity index (χ2n) is 3.68. The molecule has 1 rings (SSSR count). The van der Waals surface area contributed by atoms with Gasteiger partial charge in [-0.25, -0.2) is 0 Å². The maximum atomic E-state index is 10.8. The molecule has 4 heteroatoms. The average Bonchev–Trinajstić information content (AvgIpc) is 2.20. The van der Waals surface area contributed by atoms with Gasteiger partial charge < -0.3 is 5.32 Å². The first-order chi connectivity index (χ1) is 7.06. The third-order valence-corrected chi connectivity index (χ3v) is 2.45. The maximum Gasteiger partial charge on any atom is 0.292 e. The van der Waals surface area contributed by atoms with Crippen molar-refractivity contribution in [2.24, 2.45) is 0 Å². The van der Waals surface area contributed by atoms with E-state index < -0.39 is 0 Å². The third-order valence-electron chi connectivity index (χ3n) is 2.45. The van der Waals surface area contributed by atoms with Crippen LogP contribution in [0.15, 0.2) is 18.2 Å². The molecule has 1 N–H and O–H groups in total. The first-order valence-electron chi connectivity index (χ1n) is 5.06. The minimum absolute atomic E-state index is 0.148. The van der Waals surface area contributed by atoms with Crippen molar-refractivity contribution in [2.75, 3.05) is 5.32 Å². The van der Waals surface area contributed by atoms with Gasteiger partial charge in [-0.15, -0.1) is 0 Å². The number of para-hydroxylation sites is 1. The van der Waals surface area contributed by atoms with Crippen LogP contribution in [-0.4, -0.2) is 11.0 Å². The zero-order valence-electron chi connectivity index (χ0n) is 9.28. The molecule has 82 valence electrons. The predicted molar refractivity (Wildman–Crippen MR) is 61.2 cm³/mol. The molecule has 0 bridgehead atoms. The van der Waals surface area contributed by atoms with Crippen molar-refractivity contribution in [3.8, 4) is 0 Å². The smallest absolute Gasteiger partial charge is 0.292 e. The number of anilines is 1. The van der Waals surface area contributed by atoms with E-state index in [4.69, 9.17) is 0 Å². The van der Waals surface area contributed by atoms with Crippen LogP contribution in [0.5, 0.6) is 0 Å². The standard InChI is InChI=1S/C11H16N2O2/c1-4-9(3)12-11-8(2)6-5-7-10(11)13(14)15/h5-7,9,12H,4H2,1-3H3. The first-order valence-corrected chi connectivity index (χ1v) is 5.06. The van der Waals surface area contributed by atoms with Crippen LogP contribution >= 0.6 is 0 Å². The van der Waals surface area contributed by atoms with Crippen molar-refractivity contribution in [3.05, 3.63) is 33.9 Å². The summed E-state index contributed by atoms with van der Waals surface area (Å²) >= 11 is 0. The lowest BCUT2D eigenvalue weighted by Crippen LogP contribution is -2.15.